The highest BCUT2D eigenvalue weighted by atomic mass is 19.1. The van der Waals surface area contributed by atoms with Crippen LogP contribution in [-0.2, 0) is 30.5 Å². The standard InChI is InChI=1S/C20H22FNO3/c1-25-19-12-14-6-7-16(20(23)22-24)11-17(14)10-15(19)5-2-13-3-8-18(21)9-4-13/h3-4,8-10,12,16,24H,2,5-7,11H2,1H3,(H,22,23). The lowest BCUT2D eigenvalue weighted by molar-refractivity contribution is -0.133. The van der Waals surface area contributed by atoms with Crippen molar-refractivity contribution >= 4 is 5.91 Å². The smallest absolute Gasteiger partial charge is 0.246 e. The minimum Gasteiger partial charge on any atom is -0.496 e. The molecule has 4 nitrogen and oxygen atoms in total. The molecule has 1 atom stereocenters. The fourth-order valence-electron chi connectivity index (χ4n) is 3.47. The molecule has 0 aliphatic heterocycles. The molecular formula is C20H22FNO3. The molecule has 0 bridgehead atoms. The molecule has 0 saturated heterocycles. The maximum atomic E-state index is 13.0. The van der Waals surface area contributed by atoms with Gasteiger partial charge in [0.15, 0.2) is 0 Å². The van der Waals surface area contributed by atoms with Gasteiger partial charge in [-0.05, 0) is 72.6 Å². The number of carbonyl (C=O) groups is 1. The maximum absolute atomic E-state index is 13.0. The number of rotatable bonds is 5. The van der Waals surface area contributed by atoms with Gasteiger partial charge in [0.05, 0.1) is 7.11 Å². The van der Waals surface area contributed by atoms with Gasteiger partial charge in [0.25, 0.3) is 0 Å². The van der Waals surface area contributed by atoms with Crippen molar-refractivity contribution in [2.75, 3.05) is 7.11 Å². The van der Waals surface area contributed by atoms with E-state index in [0.29, 0.717) is 6.42 Å². The summed E-state index contributed by atoms with van der Waals surface area (Å²) in [5.74, 6) is 0.0967. The first-order chi connectivity index (χ1) is 12.1. The Labute approximate surface area is 146 Å². The molecule has 0 saturated carbocycles. The number of hydroxylamine groups is 1. The molecule has 0 heterocycles. The monoisotopic (exact) mass is 343 g/mol. The zero-order valence-electron chi connectivity index (χ0n) is 14.2. The molecule has 0 radical (unpaired) electrons. The fourth-order valence-corrected chi connectivity index (χ4v) is 3.47. The third-order valence-electron chi connectivity index (χ3n) is 4.91. The molecule has 5 heteroatoms. The van der Waals surface area contributed by atoms with Crippen molar-refractivity contribution in [3.8, 4) is 5.75 Å². The lowest BCUT2D eigenvalue weighted by Crippen LogP contribution is -2.32. The van der Waals surface area contributed by atoms with Gasteiger partial charge in [-0.15, -0.1) is 0 Å². The van der Waals surface area contributed by atoms with Crippen molar-refractivity contribution < 1.29 is 19.1 Å². The molecule has 1 unspecified atom stereocenters. The number of hydrogen-bond donors (Lipinski definition) is 2. The quantitative estimate of drug-likeness (QED) is 0.647. The average molecular weight is 343 g/mol. The number of benzene rings is 2. The topological polar surface area (TPSA) is 58.6 Å². The predicted molar refractivity (Wildman–Crippen MR) is 92.2 cm³/mol. The van der Waals surface area contributed by atoms with Crippen LogP contribution < -0.4 is 10.2 Å². The maximum Gasteiger partial charge on any atom is 0.246 e. The van der Waals surface area contributed by atoms with Gasteiger partial charge in [-0.25, -0.2) is 9.87 Å². The Morgan fingerprint density at radius 3 is 2.68 bits per heavy atom. The predicted octanol–water partition coefficient (Wildman–Crippen LogP) is 3.23. The van der Waals surface area contributed by atoms with Crippen LogP contribution in [-0.4, -0.2) is 18.2 Å². The molecule has 0 spiro atoms. The molecular weight excluding hydrogens is 321 g/mol. The number of ether oxygens (including phenoxy) is 1. The number of methoxy groups -OCH3 is 1. The van der Waals surface area contributed by atoms with Gasteiger partial charge in [0, 0.05) is 5.92 Å². The third kappa shape index (κ3) is 3.99. The van der Waals surface area contributed by atoms with Gasteiger partial charge in [-0.1, -0.05) is 18.2 Å². The SMILES string of the molecule is COc1cc2c(cc1CCc1ccc(F)cc1)CC(C(=O)NO)CC2. The minimum atomic E-state index is -0.325. The van der Waals surface area contributed by atoms with Crippen LogP contribution >= 0.6 is 0 Å². The second kappa shape index (κ2) is 7.66. The number of amides is 1. The summed E-state index contributed by atoms with van der Waals surface area (Å²) in [7, 11) is 1.66. The largest absolute Gasteiger partial charge is 0.496 e. The summed E-state index contributed by atoms with van der Waals surface area (Å²) in [5, 5.41) is 8.86. The summed E-state index contributed by atoms with van der Waals surface area (Å²) >= 11 is 0. The van der Waals surface area contributed by atoms with Crippen LogP contribution in [0.5, 0.6) is 5.75 Å². The van der Waals surface area contributed by atoms with E-state index in [1.807, 2.05) is 0 Å². The Bertz CT molecular complexity index is 758. The summed E-state index contributed by atoms with van der Waals surface area (Å²) in [5.41, 5.74) is 6.24. The number of carbonyl (C=O) groups excluding carboxylic acids is 1. The molecule has 2 aromatic carbocycles. The van der Waals surface area contributed by atoms with Crippen molar-refractivity contribution in [3.63, 3.8) is 0 Å². The number of nitrogens with one attached hydrogen (secondary N) is 1. The molecule has 2 aromatic rings. The highest BCUT2D eigenvalue weighted by Crippen LogP contribution is 2.32. The van der Waals surface area contributed by atoms with E-state index in [9.17, 15) is 9.18 Å². The van der Waals surface area contributed by atoms with Crippen molar-refractivity contribution in [1.82, 2.24) is 5.48 Å². The molecule has 3 rings (SSSR count). The molecule has 2 N–H and O–H groups in total. The van der Waals surface area contributed by atoms with Crippen molar-refractivity contribution in [1.29, 1.82) is 0 Å². The zero-order valence-corrected chi connectivity index (χ0v) is 14.2. The molecule has 1 aliphatic carbocycles. The molecule has 1 amide bonds. The second-order valence-electron chi connectivity index (χ2n) is 6.48. The van der Waals surface area contributed by atoms with Crippen LogP contribution in [0.3, 0.4) is 0 Å². The summed E-state index contributed by atoms with van der Waals surface area (Å²) in [6, 6.07) is 10.7. The van der Waals surface area contributed by atoms with Crippen LogP contribution in [0.25, 0.3) is 0 Å². The van der Waals surface area contributed by atoms with Crippen LogP contribution in [0.2, 0.25) is 0 Å². The van der Waals surface area contributed by atoms with Crippen LogP contribution in [0.4, 0.5) is 4.39 Å². The van der Waals surface area contributed by atoms with Crippen LogP contribution in [0.1, 0.15) is 28.7 Å². The number of fused-ring (bicyclic) bond motifs is 1. The second-order valence-corrected chi connectivity index (χ2v) is 6.48. The van der Waals surface area contributed by atoms with Gasteiger partial charge < -0.3 is 4.74 Å². The highest BCUT2D eigenvalue weighted by molar-refractivity contribution is 5.78. The van der Waals surface area contributed by atoms with E-state index in [1.165, 1.54) is 17.7 Å². The van der Waals surface area contributed by atoms with E-state index < -0.39 is 0 Å². The molecule has 0 fully saturated rings. The van der Waals surface area contributed by atoms with Gasteiger partial charge >= 0.3 is 0 Å². The van der Waals surface area contributed by atoms with Gasteiger partial charge in [-0.3, -0.25) is 10.0 Å². The summed E-state index contributed by atoms with van der Waals surface area (Å²) in [4.78, 5) is 11.7. The van der Waals surface area contributed by atoms with E-state index in [0.717, 1.165) is 48.1 Å². The summed E-state index contributed by atoms with van der Waals surface area (Å²) < 4.78 is 18.6. The Morgan fingerprint density at radius 2 is 2.00 bits per heavy atom. The van der Waals surface area contributed by atoms with Gasteiger partial charge in [0.2, 0.25) is 5.91 Å². The third-order valence-corrected chi connectivity index (χ3v) is 4.91. The Balaban J connectivity index is 1.79. The Kier molecular flexibility index (Phi) is 5.34. The van der Waals surface area contributed by atoms with Gasteiger partial charge in [-0.2, -0.15) is 0 Å². The number of aryl methyl sites for hydroxylation is 3. The lowest BCUT2D eigenvalue weighted by Gasteiger charge is -2.24. The molecule has 25 heavy (non-hydrogen) atoms. The summed E-state index contributed by atoms with van der Waals surface area (Å²) in [6.45, 7) is 0. The first-order valence-corrected chi connectivity index (χ1v) is 8.47. The van der Waals surface area contributed by atoms with Crippen LogP contribution in [0.15, 0.2) is 36.4 Å². The Hall–Kier alpha value is -2.40. The van der Waals surface area contributed by atoms with E-state index in [2.05, 4.69) is 12.1 Å². The lowest BCUT2D eigenvalue weighted by atomic mass is 9.82. The van der Waals surface area contributed by atoms with Crippen molar-refractivity contribution in [3.05, 3.63) is 64.5 Å². The number of hydrogen-bond acceptors (Lipinski definition) is 3. The fraction of sp³-hybridized carbons (Fsp3) is 0.350. The van der Waals surface area contributed by atoms with E-state index in [4.69, 9.17) is 9.94 Å². The van der Waals surface area contributed by atoms with E-state index >= 15 is 0 Å². The van der Waals surface area contributed by atoms with E-state index in [-0.39, 0.29) is 17.6 Å². The first-order valence-electron chi connectivity index (χ1n) is 8.47. The van der Waals surface area contributed by atoms with Crippen molar-refractivity contribution in [2.24, 2.45) is 5.92 Å². The number of halogens is 1. The first kappa shape index (κ1) is 17.4. The van der Waals surface area contributed by atoms with E-state index in [1.54, 1.807) is 24.7 Å². The summed E-state index contributed by atoms with van der Waals surface area (Å²) in [6.07, 6.45) is 3.70. The molecule has 132 valence electrons. The normalized spacial score (nSPS) is 16.2. The average Bonchev–Trinajstić information content (AvgIpc) is 2.65. The minimum absolute atomic E-state index is 0.198. The molecule has 0 aromatic heterocycles. The zero-order chi connectivity index (χ0) is 17.8. The van der Waals surface area contributed by atoms with Gasteiger partial charge in [0.1, 0.15) is 11.6 Å². The van der Waals surface area contributed by atoms with Crippen LogP contribution in [0, 0.1) is 11.7 Å². The van der Waals surface area contributed by atoms with Crippen molar-refractivity contribution in [2.45, 2.75) is 32.1 Å². The highest BCUT2D eigenvalue weighted by Gasteiger charge is 2.25. The molecule has 1 aliphatic rings. The Morgan fingerprint density at radius 1 is 1.24 bits per heavy atom.